The van der Waals surface area contributed by atoms with Gasteiger partial charge in [-0.2, -0.15) is 0 Å². The minimum Gasteiger partial charge on any atom is -0.409 e. The number of thiophene rings is 1. The highest BCUT2D eigenvalue weighted by molar-refractivity contribution is 7.10. The molecule has 0 aliphatic heterocycles. The second-order valence-corrected chi connectivity index (χ2v) is 4.70. The van der Waals surface area contributed by atoms with E-state index in [4.69, 9.17) is 10.9 Å². The van der Waals surface area contributed by atoms with Crippen LogP contribution in [0.2, 0.25) is 0 Å². The molecule has 0 aromatic carbocycles. The molecular formula is C11H17N3O2S. The molecule has 5 nitrogen and oxygen atoms in total. The van der Waals surface area contributed by atoms with E-state index in [-0.39, 0.29) is 18.3 Å². The van der Waals surface area contributed by atoms with Crippen LogP contribution in [-0.4, -0.2) is 34.9 Å². The number of carbonyl (C=O) groups is 1. The maximum absolute atomic E-state index is 12.0. The molecule has 1 heterocycles. The molecular weight excluding hydrogens is 238 g/mol. The Bertz CT molecular complexity index is 376. The van der Waals surface area contributed by atoms with Crippen molar-refractivity contribution in [1.82, 2.24) is 4.90 Å². The Morgan fingerprint density at radius 3 is 2.94 bits per heavy atom. The molecule has 17 heavy (non-hydrogen) atoms. The van der Waals surface area contributed by atoms with Gasteiger partial charge in [-0.15, -0.1) is 11.3 Å². The number of rotatable bonds is 6. The van der Waals surface area contributed by atoms with Crippen molar-refractivity contribution < 1.29 is 10.0 Å². The Kier molecular flexibility index (Phi) is 5.48. The topological polar surface area (TPSA) is 78.9 Å². The monoisotopic (exact) mass is 255 g/mol. The Morgan fingerprint density at radius 1 is 1.65 bits per heavy atom. The quantitative estimate of drug-likeness (QED) is 0.348. The Balaban J connectivity index is 2.60. The number of hydrogen-bond acceptors (Lipinski definition) is 4. The molecule has 0 atom stereocenters. The Hall–Kier alpha value is -1.56. The first-order valence-corrected chi connectivity index (χ1v) is 6.32. The van der Waals surface area contributed by atoms with Crippen LogP contribution in [0.5, 0.6) is 0 Å². The fourth-order valence-electron chi connectivity index (χ4n) is 1.46. The summed E-state index contributed by atoms with van der Waals surface area (Å²) >= 11 is 1.55. The van der Waals surface area contributed by atoms with Gasteiger partial charge in [-0.3, -0.25) is 4.79 Å². The van der Waals surface area contributed by atoms with Crippen LogP contribution in [0.1, 0.15) is 18.2 Å². The van der Waals surface area contributed by atoms with Gasteiger partial charge in [-0.05, 0) is 17.9 Å². The van der Waals surface area contributed by atoms with Gasteiger partial charge in [0.25, 0.3) is 0 Å². The van der Waals surface area contributed by atoms with Crippen LogP contribution in [-0.2, 0) is 11.2 Å². The zero-order valence-electron chi connectivity index (χ0n) is 9.80. The van der Waals surface area contributed by atoms with Gasteiger partial charge in [-0.1, -0.05) is 18.1 Å². The molecule has 0 radical (unpaired) electrons. The molecule has 0 aliphatic carbocycles. The molecule has 1 aromatic heterocycles. The molecule has 1 aromatic rings. The van der Waals surface area contributed by atoms with Gasteiger partial charge >= 0.3 is 0 Å². The van der Waals surface area contributed by atoms with Crippen molar-refractivity contribution in [2.24, 2.45) is 10.9 Å². The lowest BCUT2D eigenvalue weighted by Crippen LogP contribution is -2.39. The van der Waals surface area contributed by atoms with Gasteiger partial charge < -0.3 is 15.8 Å². The minimum absolute atomic E-state index is 0.000833. The number of amides is 1. The molecule has 94 valence electrons. The third-order valence-corrected chi connectivity index (χ3v) is 3.11. The third-order valence-electron chi connectivity index (χ3n) is 2.23. The first kappa shape index (κ1) is 13.5. The van der Waals surface area contributed by atoms with Crippen molar-refractivity contribution in [3.63, 3.8) is 0 Å². The van der Waals surface area contributed by atoms with E-state index in [1.807, 2.05) is 24.4 Å². The van der Waals surface area contributed by atoms with Crippen LogP contribution in [0.15, 0.2) is 22.7 Å². The van der Waals surface area contributed by atoms with Crippen molar-refractivity contribution in [3.05, 3.63) is 22.4 Å². The Morgan fingerprint density at radius 2 is 2.41 bits per heavy atom. The zero-order chi connectivity index (χ0) is 12.7. The van der Waals surface area contributed by atoms with Crippen molar-refractivity contribution >= 4 is 23.1 Å². The summed E-state index contributed by atoms with van der Waals surface area (Å²) < 4.78 is 0. The minimum atomic E-state index is 0.000833. The number of nitrogens with two attached hydrogens (primary N) is 1. The largest absolute Gasteiger partial charge is 0.409 e. The molecule has 3 N–H and O–H groups in total. The summed E-state index contributed by atoms with van der Waals surface area (Å²) in [4.78, 5) is 14.6. The summed E-state index contributed by atoms with van der Waals surface area (Å²) in [6.45, 7) is 2.77. The molecule has 1 rings (SSSR count). The predicted molar refractivity (Wildman–Crippen MR) is 68.3 cm³/mol. The van der Waals surface area contributed by atoms with E-state index in [2.05, 4.69) is 5.16 Å². The van der Waals surface area contributed by atoms with Crippen LogP contribution in [0, 0.1) is 0 Å². The molecule has 0 bridgehead atoms. The lowest BCUT2D eigenvalue weighted by molar-refractivity contribution is -0.129. The number of carbonyl (C=O) groups excluding carboxylic acids is 1. The first-order chi connectivity index (χ1) is 8.17. The molecule has 0 spiro atoms. The number of nitrogens with zero attached hydrogens (tertiary/aromatic N) is 2. The second-order valence-electron chi connectivity index (χ2n) is 3.66. The lowest BCUT2D eigenvalue weighted by atomic mass is 10.3. The van der Waals surface area contributed by atoms with Crippen LogP contribution in [0.4, 0.5) is 0 Å². The SMILES string of the molecule is CCCN(CC(N)=NO)C(=O)Cc1cccs1. The molecule has 0 fully saturated rings. The van der Waals surface area contributed by atoms with Crippen LogP contribution < -0.4 is 5.73 Å². The third kappa shape index (κ3) is 4.44. The van der Waals surface area contributed by atoms with Crippen LogP contribution in [0.3, 0.4) is 0 Å². The van der Waals surface area contributed by atoms with Gasteiger partial charge in [0.05, 0.1) is 13.0 Å². The summed E-state index contributed by atoms with van der Waals surface area (Å²) in [7, 11) is 0. The highest BCUT2D eigenvalue weighted by Crippen LogP contribution is 2.10. The average Bonchev–Trinajstić information content (AvgIpc) is 2.81. The molecule has 0 unspecified atom stereocenters. The highest BCUT2D eigenvalue weighted by Gasteiger charge is 2.15. The number of hydrogen-bond donors (Lipinski definition) is 2. The Labute approximate surface area is 105 Å². The summed E-state index contributed by atoms with van der Waals surface area (Å²) in [5.74, 6) is 0.0545. The molecule has 1 amide bonds. The standard InChI is InChI=1S/C11H17N3O2S/c1-2-5-14(8-10(12)13-16)11(15)7-9-4-3-6-17-9/h3-4,6,16H,2,5,7-8H2,1H3,(H2,12,13). The maximum Gasteiger partial charge on any atom is 0.228 e. The summed E-state index contributed by atoms with van der Waals surface area (Å²) in [5.41, 5.74) is 5.42. The van der Waals surface area contributed by atoms with Crippen molar-refractivity contribution in [2.45, 2.75) is 19.8 Å². The van der Waals surface area contributed by atoms with Crippen molar-refractivity contribution in [1.29, 1.82) is 0 Å². The van der Waals surface area contributed by atoms with Crippen LogP contribution in [0.25, 0.3) is 0 Å². The summed E-state index contributed by atoms with van der Waals surface area (Å²) in [6, 6.07) is 3.84. The normalized spacial score (nSPS) is 11.5. The van der Waals surface area contributed by atoms with E-state index in [0.717, 1.165) is 11.3 Å². The van der Waals surface area contributed by atoms with Gasteiger partial charge in [0.2, 0.25) is 5.91 Å². The zero-order valence-corrected chi connectivity index (χ0v) is 10.6. The van der Waals surface area contributed by atoms with Gasteiger partial charge in [-0.25, -0.2) is 0 Å². The van der Waals surface area contributed by atoms with E-state index in [9.17, 15) is 4.79 Å². The van der Waals surface area contributed by atoms with E-state index in [1.54, 1.807) is 16.2 Å². The van der Waals surface area contributed by atoms with Gasteiger partial charge in [0.1, 0.15) is 0 Å². The van der Waals surface area contributed by atoms with E-state index in [0.29, 0.717) is 13.0 Å². The summed E-state index contributed by atoms with van der Waals surface area (Å²) in [5, 5.41) is 13.4. The maximum atomic E-state index is 12.0. The predicted octanol–water partition coefficient (Wildman–Crippen LogP) is 1.28. The second kappa shape index (κ2) is 6.90. The van der Waals surface area contributed by atoms with Gasteiger partial charge in [0, 0.05) is 11.4 Å². The van der Waals surface area contributed by atoms with E-state index >= 15 is 0 Å². The lowest BCUT2D eigenvalue weighted by Gasteiger charge is -2.20. The molecule has 0 saturated heterocycles. The summed E-state index contributed by atoms with van der Waals surface area (Å²) in [6.07, 6.45) is 1.21. The smallest absolute Gasteiger partial charge is 0.228 e. The highest BCUT2D eigenvalue weighted by atomic mass is 32.1. The molecule has 0 saturated carbocycles. The fraction of sp³-hybridized carbons (Fsp3) is 0.455. The van der Waals surface area contributed by atoms with Crippen molar-refractivity contribution in [3.8, 4) is 0 Å². The number of amidine groups is 1. The van der Waals surface area contributed by atoms with Crippen LogP contribution >= 0.6 is 11.3 Å². The first-order valence-electron chi connectivity index (χ1n) is 5.44. The van der Waals surface area contributed by atoms with E-state index < -0.39 is 0 Å². The average molecular weight is 255 g/mol. The molecule has 0 aliphatic rings. The van der Waals surface area contributed by atoms with E-state index in [1.165, 1.54) is 0 Å². The number of oxime groups is 1. The van der Waals surface area contributed by atoms with Crippen molar-refractivity contribution in [2.75, 3.05) is 13.1 Å². The van der Waals surface area contributed by atoms with Gasteiger partial charge in [0.15, 0.2) is 5.84 Å². The molecule has 6 heteroatoms. The fourth-order valence-corrected chi connectivity index (χ4v) is 2.16.